The summed E-state index contributed by atoms with van der Waals surface area (Å²) in [6, 6.07) is 14.5. The Morgan fingerprint density at radius 2 is 1.03 bits per heavy atom. The zero-order chi connectivity index (χ0) is 45.5. The number of carboxylic acids is 1. The molecule has 6 rings (SSSR count). The average Bonchev–Trinajstić information content (AvgIpc) is 4.00. The quantitative estimate of drug-likeness (QED) is 0.0508. The Morgan fingerprint density at radius 3 is 1.36 bits per heavy atom. The summed E-state index contributed by atoms with van der Waals surface area (Å²) >= 11 is 0. The first-order chi connectivity index (χ1) is 29.1. The van der Waals surface area contributed by atoms with Crippen LogP contribution in [0.3, 0.4) is 0 Å². The van der Waals surface area contributed by atoms with E-state index >= 15 is 0 Å². The minimum atomic E-state index is -1.25. The van der Waals surface area contributed by atoms with Crippen LogP contribution in [-0.2, 0) is 22.9 Å². The third-order valence-corrected chi connectivity index (χ3v) is 13.4. The number of rotatable bonds is 18. The number of carbonyl (C=O) groups is 2. The van der Waals surface area contributed by atoms with Gasteiger partial charge in [-0.3, -0.25) is 4.79 Å². The number of hydrogen-bond donors (Lipinski definition) is 1. The molecule has 2 aromatic carbocycles. The van der Waals surface area contributed by atoms with Crippen molar-refractivity contribution in [2.24, 2.45) is 0 Å². The molecule has 14 nitrogen and oxygen atoms in total. The molecule has 19 heteroatoms. The van der Waals surface area contributed by atoms with E-state index in [1.807, 2.05) is 27.5 Å². The second-order valence-corrected chi connectivity index (χ2v) is 29.5. The smallest absolute Gasteiger partial charge is 0.870 e. The van der Waals surface area contributed by atoms with Crippen LogP contribution in [0, 0.1) is 11.6 Å². The molecule has 0 atom stereocenters. The molecule has 0 fully saturated rings. The van der Waals surface area contributed by atoms with Crippen LogP contribution in [0.2, 0.25) is 51.4 Å². The van der Waals surface area contributed by atoms with E-state index in [1.54, 1.807) is 47.7 Å². The maximum atomic E-state index is 13.5. The number of hydrogen-bond acceptors (Lipinski definition) is 9. The van der Waals surface area contributed by atoms with Gasteiger partial charge in [-0.1, -0.05) is 39.3 Å². The van der Waals surface area contributed by atoms with Crippen molar-refractivity contribution < 1.29 is 58.7 Å². The number of benzene rings is 2. The number of imidazole rings is 4. The number of aromatic nitrogens is 8. The van der Waals surface area contributed by atoms with Crippen LogP contribution in [0.1, 0.15) is 69.1 Å². The fourth-order valence-electron chi connectivity index (χ4n) is 6.35. The number of carboxylic acid groups (broad SMARTS) is 1. The van der Waals surface area contributed by atoms with Gasteiger partial charge in [-0.25, -0.2) is 33.5 Å². The number of aromatic carboxylic acids is 1. The van der Waals surface area contributed by atoms with Crippen LogP contribution >= 0.6 is 0 Å². The van der Waals surface area contributed by atoms with E-state index in [1.165, 1.54) is 37.4 Å². The molecule has 0 radical (unpaired) electrons. The molecule has 0 saturated heterocycles. The molecule has 4 aromatic heterocycles. The third kappa shape index (κ3) is 14.1. The van der Waals surface area contributed by atoms with E-state index in [9.17, 15) is 23.5 Å². The SMILES string of the molecule is CC(=O)c1cn(COCC[Si](C)(C)C)c(-c2c(-c3ccc(F)cc3)ncn2C(C)C)n1.CC(C)n1cnc(-c2ccc(F)cc2)c1-c1nc(C(=O)O)cn1COCC[Si](C)(C)C.[2HH].[Li+].[OH-]. The third-order valence-electron chi connectivity index (χ3n) is 9.95. The molecule has 4 heterocycles. The number of ketones is 1. The predicted octanol–water partition coefficient (Wildman–Crippen LogP) is 7.87. The summed E-state index contributed by atoms with van der Waals surface area (Å²) in [4.78, 5) is 41.9. The Morgan fingerprint density at radius 1 is 0.672 bits per heavy atom. The van der Waals surface area contributed by atoms with Crippen molar-refractivity contribution in [2.75, 3.05) is 13.2 Å². The maximum absolute atomic E-state index is 13.5. The average molecular weight is 914 g/mol. The Balaban J connectivity index is 0.000000427. The van der Waals surface area contributed by atoms with E-state index in [0.717, 1.165) is 28.9 Å². The second kappa shape index (κ2) is 22.9. The second-order valence-electron chi connectivity index (χ2n) is 18.3. The van der Waals surface area contributed by atoms with Gasteiger partial charge in [-0.05, 0) is 88.3 Å². The van der Waals surface area contributed by atoms with Crippen molar-refractivity contribution in [2.45, 2.75) is 112 Å². The molecule has 0 amide bonds. The Labute approximate surface area is 390 Å². The summed E-state index contributed by atoms with van der Waals surface area (Å²) in [6.07, 6.45) is 6.68. The number of ether oxygens (including phenoxy) is 2. The molecular formula is C45H63F2LiN8O6Si2. The van der Waals surface area contributed by atoms with Gasteiger partial charge >= 0.3 is 24.8 Å². The van der Waals surface area contributed by atoms with Crippen LogP contribution in [0.25, 0.3) is 45.6 Å². The fourth-order valence-corrected chi connectivity index (χ4v) is 7.86. The number of Topliss-reactive ketones (excluding diaryl/α,β-unsaturated/α-hetero) is 1. The Hall–Kier alpha value is -4.81. The summed E-state index contributed by atoms with van der Waals surface area (Å²) in [7, 11) is -2.45. The van der Waals surface area contributed by atoms with Gasteiger partial charge in [0.15, 0.2) is 23.1 Å². The van der Waals surface area contributed by atoms with Gasteiger partial charge in [0.05, 0.1) is 24.0 Å². The molecule has 342 valence electrons. The maximum Gasteiger partial charge on any atom is 1.00 e. The molecule has 64 heavy (non-hydrogen) atoms. The van der Waals surface area contributed by atoms with Crippen LogP contribution in [0.4, 0.5) is 8.78 Å². The van der Waals surface area contributed by atoms with Gasteiger partial charge in [-0.2, -0.15) is 0 Å². The minimum Gasteiger partial charge on any atom is -0.870 e. The van der Waals surface area contributed by atoms with Crippen molar-refractivity contribution >= 4 is 27.9 Å². The summed E-state index contributed by atoms with van der Waals surface area (Å²) in [6.45, 7) is 25.1. The van der Waals surface area contributed by atoms with Gasteiger partial charge in [0, 0.05) is 73.3 Å². The molecule has 0 aliphatic carbocycles. The molecule has 0 unspecified atom stereocenters. The summed E-state index contributed by atoms with van der Waals surface area (Å²) in [5, 5.41) is 9.52. The first-order valence-electron chi connectivity index (χ1n) is 20.8. The standard InChI is InChI=1S/C23H31FN4O2Si.C22H29FN4O3Si.Li.H2O.H2/c1-16(2)28-14-25-21(18-7-9-19(24)10-8-18)22(28)23-26-20(17(3)29)13-27(23)15-30-11-12-31(4,5)6;1-15(2)27-13-24-19(16-6-8-17(23)9-7-16)20(27)21-25-18(22(28)29)12-26(21)14-30-10-11-31(3,4)5;;;/h7-10,13-14,16H,11-12,15H2,1-6H3;6-9,12-13,15H,10-11,14H2,1-5H3,(H,28,29);;1H2;1H/q;;+1;;/p-1/i;;;;1+1. The van der Waals surface area contributed by atoms with Gasteiger partial charge in [0.2, 0.25) is 0 Å². The number of nitrogens with zero attached hydrogens (tertiary/aromatic N) is 8. The first-order valence-corrected chi connectivity index (χ1v) is 28.2. The molecule has 2 N–H and O–H groups in total. The van der Waals surface area contributed by atoms with Gasteiger partial charge in [-0.15, -0.1) is 0 Å². The minimum absolute atomic E-state index is 0. The van der Waals surface area contributed by atoms with Crippen LogP contribution < -0.4 is 18.9 Å². The number of carbonyl (C=O) groups excluding carboxylic acids is 1. The molecule has 0 spiro atoms. The van der Waals surface area contributed by atoms with Crippen molar-refractivity contribution in [3.05, 3.63) is 96.6 Å². The first kappa shape index (κ1) is 53.5. The van der Waals surface area contributed by atoms with E-state index in [-0.39, 0.29) is 67.7 Å². The van der Waals surface area contributed by atoms with Crippen molar-refractivity contribution in [3.63, 3.8) is 0 Å². The molecule has 6 aromatic rings. The monoisotopic (exact) mass is 913 g/mol. The zero-order valence-electron chi connectivity index (χ0n) is 39.2. The normalized spacial score (nSPS) is 11.6. The van der Waals surface area contributed by atoms with E-state index in [2.05, 4.69) is 73.1 Å². The summed E-state index contributed by atoms with van der Waals surface area (Å²) in [5.41, 5.74) is 4.58. The fraction of sp³-hybridized carbons (Fsp3) is 0.422. The largest absolute Gasteiger partial charge is 1.00 e. The molecule has 0 bridgehead atoms. The van der Waals surface area contributed by atoms with Crippen LogP contribution in [0.15, 0.2) is 73.6 Å². The van der Waals surface area contributed by atoms with E-state index < -0.39 is 22.1 Å². The van der Waals surface area contributed by atoms with Crippen molar-refractivity contribution in [1.82, 2.24) is 38.2 Å². The van der Waals surface area contributed by atoms with Gasteiger partial charge in [0.1, 0.15) is 42.2 Å². The molecule has 0 aliphatic heterocycles. The summed E-state index contributed by atoms with van der Waals surface area (Å²) < 4.78 is 46.3. The molecule has 0 saturated carbocycles. The van der Waals surface area contributed by atoms with E-state index in [0.29, 0.717) is 54.4 Å². The van der Waals surface area contributed by atoms with Gasteiger partial charge < -0.3 is 38.3 Å². The van der Waals surface area contributed by atoms with E-state index in [4.69, 9.17) is 9.47 Å². The molecular weight excluding hydrogens is 850 g/mol. The number of halogens is 2. The topological polar surface area (TPSA) is 174 Å². The Bertz CT molecular complexity index is 2290. The van der Waals surface area contributed by atoms with Crippen molar-refractivity contribution in [1.29, 1.82) is 0 Å². The van der Waals surface area contributed by atoms with Crippen LogP contribution in [0.5, 0.6) is 0 Å². The Kier molecular flexibility index (Phi) is 19.1. The summed E-state index contributed by atoms with van der Waals surface area (Å²) in [5.74, 6) is -0.787. The van der Waals surface area contributed by atoms with Crippen molar-refractivity contribution in [3.8, 4) is 45.6 Å². The van der Waals surface area contributed by atoms with Gasteiger partial charge in [0.25, 0.3) is 0 Å². The molecule has 0 aliphatic rings. The van der Waals surface area contributed by atoms with Crippen LogP contribution in [-0.4, -0.2) is 89.9 Å². The zero-order valence-corrected chi connectivity index (χ0v) is 41.2. The predicted molar refractivity (Wildman–Crippen MR) is 248 cm³/mol.